The van der Waals surface area contributed by atoms with E-state index in [9.17, 15) is 9.90 Å². The molecule has 3 nitrogen and oxygen atoms in total. The molecule has 0 aliphatic carbocycles. The molecule has 2 atom stereocenters. The van der Waals surface area contributed by atoms with Crippen LogP contribution in [0, 0.1) is 23.7 Å². The van der Waals surface area contributed by atoms with Gasteiger partial charge in [-0.15, -0.1) is 6.42 Å². The van der Waals surface area contributed by atoms with Crippen molar-refractivity contribution in [1.29, 1.82) is 0 Å². The van der Waals surface area contributed by atoms with E-state index in [-0.39, 0.29) is 23.8 Å². The van der Waals surface area contributed by atoms with Crippen molar-refractivity contribution < 1.29 is 9.90 Å². The predicted molar refractivity (Wildman–Crippen MR) is 65.6 cm³/mol. The van der Waals surface area contributed by atoms with Crippen molar-refractivity contribution in [2.45, 2.75) is 33.8 Å². The summed E-state index contributed by atoms with van der Waals surface area (Å²) in [6.45, 7) is 7.97. The Hall–Kier alpha value is -1.27. The molecule has 0 saturated carbocycles. The van der Waals surface area contributed by atoms with Crippen molar-refractivity contribution in [3.05, 3.63) is 12.2 Å². The molecule has 0 aliphatic rings. The number of terminal acetylenes is 1. The van der Waals surface area contributed by atoms with E-state index >= 15 is 0 Å². The Labute approximate surface area is 97.9 Å². The number of rotatable bonds is 4. The fourth-order valence-corrected chi connectivity index (χ4v) is 1.33. The van der Waals surface area contributed by atoms with Gasteiger partial charge in [0.1, 0.15) is 0 Å². The predicted octanol–water partition coefficient (Wildman–Crippen LogP) is 1.34. The molecule has 0 rings (SSSR count). The van der Waals surface area contributed by atoms with Gasteiger partial charge >= 0.3 is 0 Å². The maximum absolute atomic E-state index is 11.2. The second kappa shape index (κ2) is 6.34. The second-order valence-electron chi connectivity index (χ2n) is 4.95. The van der Waals surface area contributed by atoms with Crippen molar-refractivity contribution in [3.8, 4) is 12.3 Å². The molecule has 0 saturated heterocycles. The molecule has 3 heteroatoms. The smallest absolute Gasteiger partial charge is 0.244 e. The zero-order valence-corrected chi connectivity index (χ0v) is 10.4. The van der Waals surface area contributed by atoms with Gasteiger partial charge in [0.15, 0.2) is 0 Å². The Kier molecular flexibility index (Phi) is 5.84. The van der Waals surface area contributed by atoms with E-state index in [4.69, 9.17) is 6.42 Å². The Morgan fingerprint density at radius 2 is 2.12 bits per heavy atom. The molecule has 0 spiro atoms. The number of hydrogen-bond acceptors (Lipinski definition) is 2. The van der Waals surface area contributed by atoms with E-state index in [0.29, 0.717) is 0 Å². The van der Waals surface area contributed by atoms with Crippen molar-refractivity contribution in [2.75, 3.05) is 6.54 Å². The van der Waals surface area contributed by atoms with Gasteiger partial charge in [0.05, 0.1) is 12.6 Å². The fourth-order valence-electron chi connectivity index (χ4n) is 1.33. The van der Waals surface area contributed by atoms with Crippen LogP contribution in [0.5, 0.6) is 0 Å². The standard InChI is InChI=1S/C13H21NO2/c1-6-9-14-11(15)8-7-10(2)12(16)13(3,4)5/h1,7-8,10,12,16H,9H2,2-5H3,(H,14,15)/b8-7+/t10-,12+/m1/s1. The number of hydrogen-bond donors (Lipinski definition) is 2. The van der Waals surface area contributed by atoms with Crippen LogP contribution in [0.15, 0.2) is 12.2 Å². The maximum Gasteiger partial charge on any atom is 0.244 e. The molecule has 2 N–H and O–H groups in total. The van der Waals surface area contributed by atoms with Crippen LogP contribution in [0.1, 0.15) is 27.7 Å². The van der Waals surface area contributed by atoms with Crippen LogP contribution in [-0.2, 0) is 4.79 Å². The molecule has 0 heterocycles. The number of aliphatic hydroxyl groups excluding tert-OH is 1. The average molecular weight is 223 g/mol. The number of nitrogens with one attached hydrogen (secondary N) is 1. The SMILES string of the molecule is C#CCNC(=O)/C=C/[C@@H](C)[C@H](O)C(C)(C)C. The number of amides is 1. The van der Waals surface area contributed by atoms with Crippen LogP contribution in [0.3, 0.4) is 0 Å². The largest absolute Gasteiger partial charge is 0.392 e. The molecule has 0 unspecified atom stereocenters. The topological polar surface area (TPSA) is 49.3 Å². The normalized spacial score (nSPS) is 15.5. The molecule has 0 aliphatic heterocycles. The monoisotopic (exact) mass is 223 g/mol. The molecular formula is C13H21NO2. The van der Waals surface area contributed by atoms with Crippen LogP contribution in [-0.4, -0.2) is 23.7 Å². The fraction of sp³-hybridized carbons (Fsp3) is 0.615. The summed E-state index contributed by atoms with van der Waals surface area (Å²) in [5.41, 5.74) is -0.195. The molecule has 0 radical (unpaired) electrons. The highest BCUT2D eigenvalue weighted by Crippen LogP contribution is 2.25. The highest BCUT2D eigenvalue weighted by molar-refractivity contribution is 5.87. The van der Waals surface area contributed by atoms with Crippen LogP contribution in [0.25, 0.3) is 0 Å². The highest BCUT2D eigenvalue weighted by Gasteiger charge is 2.25. The first kappa shape index (κ1) is 14.7. The van der Waals surface area contributed by atoms with Crippen LogP contribution >= 0.6 is 0 Å². The van der Waals surface area contributed by atoms with E-state index < -0.39 is 6.10 Å². The first-order chi connectivity index (χ1) is 7.29. The van der Waals surface area contributed by atoms with E-state index in [1.165, 1.54) is 6.08 Å². The lowest BCUT2D eigenvalue weighted by atomic mass is 9.82. The second-order valence-corrected chi connectivity index (χ2v) is 4.95. The van der Waals surface area contributed by atoms with Crippen LogP contribution in [0.4, 0.5) is 0 Å². The first-order valence-electron chi connectivity index (χ1n) is 5.36. The molecule has 0 fully saturated rings. The Morgan fingerprint density at radius 1 is 1.56 bits per heavy atom. The minimum absolute atomic E-state index is 0.0726. The average Bonchev–Trinajstić information content (AvgIpc) is 2.20. The summed E-state index contributed by atoms with van der Waals surface area (Å²) in [4.78, 5) is 11.2. The quantitative estimate of drug-likeness (QED) is 0.558. The third-order valence-electron chi connectivity index (χ3n) is 2.30. The molecule has 90 valence electrons. The minimum atomic E-state index is -0.482. The van der Waals surface area contributed by atoms with E-state index in [2.05, 4.69) is 11.2 Å². The zero-order chi connectivity index (χ0) is 12.8. The van der Waals surface area contributed by atoms with Gasteiger partial charge in [0.2, 0.25) is 5.91 Å². The third kappa shape index (κ3) is 5.57. The van der Waals surface area contributed by atoms with Crippen molar-refractivity contribution >= 4 is 5.91 Å². The maximum atomic E-state index is 11.2. The zero-order valence-electron chi connectivity index (χ0n) is 10.4. The minimum Gasteiger partial charge on any atom is -0.392 e. The Bertz CT molecular complexity index is 294. The van der Waals surface area contributed by atoms with Gasteiger partial charge in [-0.05, 0) is 11.5 Å². The lowest BCUT2D eigenvalue weighted by molar-refractivity contribution is -0.116. The summed E-state index contributed by atoms with van der Waals surface area (Å²) >= 11 is 0. The van der Waals surface area contributed by atoms with Gasteiger partial charge < -0.3 is 10.4 Å². The number of carbonyl (C=O) groups is 1. The molecular weight excluding hydrogens is 202 g/mol. The number of aliphatic hydroxyl groups is 1. The summed E-state index contributed by atoms with van der Waals surface area (Å²) in [5, 5.41) is 12.4. The van der Waals surface area contributed by atoms with Gasteiger partial charge in [-0.3, -0.25) is 4.79 Å². The van der Waals surface area contributed by atoms with E-state index in [1.807, 2.05) is 27.7 Å². The Morgan fingerprint density at radius 3 is 2.56 bits per heavy atom. The summed E-state index contributed by atoms with van der Waals surface area (Å²) in [7, 11) is 0. The highest BCUT2D eigenvalue weighted by atomic mass is 16.3. The summed E-state index contributed by atoms with van der Waals surface area (Å²) in [6.07, 6.45) is 7.64. The van der Waals surface area contributed by atoms with Gasteiger partial charge in [0.25, 0.3) is 0 Å². The van der Waals surface area contributed by atoms with Gasteiger partial charge in [-0.2, -0.15) is 0 Å². The third-order valence-corrected chi connectivity index (χ3v) is 2.30. The molecule has 0 aromatic rings. The van der Waals surface area contributed by atoms with Gasteiger partial charge in [-0.25, -0.2) is 0 Å². The van der Waals surface area contributed by atoms with Gasteiger partial charge in [-0.1, -0.05) is 39.7 Å². The van der Waals surface area contributed by atoms with E-state index in [1.54, 1.807) is 6.08 Å². The lowest BCUT2D eigenvalue weighted by Crippen LogP contribution is -2.31. The van der Waals surface area contributed by atoms with Crippen molar-refractivity contribution in [2.24, 2.45) is 11.3 Å². The van der Waals surface area contributed by atoms with E-state index in [0.717, 1.165) is 0 Å². The summed E-state index contributed by atoms with van der Waals surface area (Å²) in [5.74, 6) is 2.01. The molecule has 16 heavy (non-hydrogen) atoms. The first-order valence-corrected chi connectivity index (χ1v) is 5.36. The van der Waals surface area contributed by atoms with Crippen LogP contribution < -0.4 is 5.32 Å². The van der Waals surface area contributed by atoms with Crippen LogP contribution in [0.2, 0.25) is 0 Å². The summed E-state index contributed by atoms with van der Waals surface area (Å²) in [6, 6.07) is 0. The van der Waals surface area contributed by atoms with Crippen molar-refractivity contribution in [1.82, 2.24) is 5.32 Å². The van der Waals surface area contributed by atoms with Crippen molar-refractivity contribution in [3.63, 3.8) is 0 Å². The summed E-state index contributed by atoms with van der Waals surface area (Å²) < 4.78 is 0. The number of carbonyl (C=O) groups excluding carboxylic acids is 1. The molecule has 0 aromatic heterocycles. The molecule has 0 bridgehead atoms. The molecule has 1 amide bonds. The van der Waals surface area contributed by atoms with Gasteiger partial charge in [0, 0.05) is 5.92 Å². The lowest BCUT2D eigenvalue weighted by Gasteiger charge is -2.29. The molecule has 0 aromatic carbocycles. The Balaban J connectivity index is 4.24.